The highest BCUT2D eigenvalue weighted by Crippen LogP contribution is 2.31. The molecular weight excluding hydrogens is 420 g/mol. The molecule has 3 aromatic heterocycles. The minimum absolute atomic E-state index is 0.252. The first-order valence-corrected chi connectivity index (χ1v) is 10.9. The number of carbonyl (C=O) groups is 1. The van der Waals surface area contributed by atoms with E-state index in [2.05, 4.69) is 20.3 Å². The molecule has 7 nitrogen and oxygen atoms in total. The smallest absolute Gasteiger partial charge is 0.343 e. The Morgan fingerprint density at radius 3 is 2.67 bits per heavy atom. The molecule has 0 aliphatic carbocycles. The fourth-order valence-corrected chi connectivity index (χ4v) is 4.15. The third kappa shape index (κ3) is 4.32. The first kappa shape index (κ1) is 20.0. The number of carbonyl (C=O) groups excluding carboxylic acids is 1. The second-order valence-electron chi connectivity index (χ2n) is 6.05. The molecule has 3 heterocycles. The minimum atomic E-state index is -0.490. The number of anilines is 2. The Kier molecular flexibility index (Phi) is 6.01. The van der Waals surface area contributed by atoms with Crippen molar-refractivity contribution in [2.45, 2.75) is 6.92 Å². The average Bonchev–Trinajstić information content (AvgIpc) is 3.46. The molecule has 0 radical (unpaired) electrons. The largest absolute Gasteiger partial charge is 0.497 e. The summed E-state index contributed by atoms with van der Waals surface area (Å²) in [6, 6.07) is 11.4. The molecule has 0 fully saturated rings. The highest BCUT2D eigenvalue weighted by molar-refractivity contribution is 7.16. The molecule has 0 spiro atoms. The molecule has 0 aliphatic rings. The zero-order valence-corrected chi connectivity index (χ0v) is 17.9. The third-order valence-corrected chi connectivity index (χ3v) is 5.79. The van der Waals surface area contributed by atoms with E-state index in [1.165, 1.54) is 17.5 Å². The van der Waals surface area contributed by atoms with Gasteiger partial charge in [0.15, 0.2) is 16.8 Å². The van der Waals surface area contributed by atoms with Crippen LogP contribution in [0.4, 0.5) is 10.9 Å². The first-order chi connectivity index (χ1) is 14.7. The molecule has 0 bridgehead atoms. The van der Waals surface area contributed by atoms with E-state index in [0.717, 1.165) is 21.9 Å². The molecule has 0 amide bonds. The predicted molar refractivity (Wildman–Crippen MR) is 119 cm³/mol. The van der Waals surface area contributed by atoms with Crippen molar-refractivity contribution in [3.05, 3.63) is 58.9 Å². The lowest BCUT2D eigenvalue weighted by atomic mass is 10.2. The van der Waals surface area contributed by atoms with Crippen molar-refractivity contribution in [2.75, 3.05) is 19.0 Å². The maximum absolute atomic E-state index is 12.4. The molecule has 0 aliphatic heterocycles. The van der Waals surface area contributed by atoms with Gasteiger partial charge >= 0.3 is 5.97 Å². The molecule has 152 valence electrons. The SMILES string of the molecule is CCOC(=O)c1cnc(-c2ccc(OC)cc2)nc1Nc1nc(-c2cccs2)cs1. The third-order valence-electron chi connectivity index (χ3n) is 4.14. The van der Waals surface area contributed by atoms with Crippen LogP contribution in [0.2, 0.25) is 0 Å². The van der Waals surface area contributed by atoms with Crippen LogP contribution in [0.15, 0.2) is 53.4 Å². The summed E-state index contributed by atoms with van der Waals surface area (Å²) in [6.45, 7) is 2.02. The van der Waals surface area contributed by atoms with Gasteiger partial charge < -0.3 is 14.8 Å². The maximum Gasteiger partial charge on any atom is 0.343 e. The topological polar surface area (TPSA) is 86.2 Å². The summed E-state index contributed by atoms with van der Waals surface area (Å²) in [7, 11) is 1.61. The molecule has 4 aromatic rings. The summed E-state index contributed by atoms with van der Waals surface area (Å²) < 4.78 is 10.4. The van der Waals surface area contributed by atoms with Crippen LogP contribution in [0.25, 0.3) is 22.0 Å². The van der Waals surface area contributed by atoms with E-state index in [9.17, 15) is 4.79 Å². The number of thiazole rings is 1. The Morgan fingerprint density at radius 1 is 1.13 bits per heavy atom. The number of ether oxygens (including phenoxy) is 2. The van der Waals surface area contributed by atoms with Gasteiger partial charge in [0.05, 0.1) is 24.3 Å². The first-order valence-electron chi connectivity index (χ1n) is 9.13. The van der Waals surface area contributed by atoms with Crippen molar-refractivity contribution in [3.63, 3.8) is 0 Å². The quantitative estimate of drug-likeness (QED) is 0.394. The van der Waals surface area contributed by atoms with Crippen LogP contribution in [-0.2, 0) is 4.74 Å². The van der Waals surface area contributed by atoms with Gasteiger partial charge in [-0.1, -0.05) is 6.07 Å². The lowest BCUT2D eigenvalue weighted by Gasteiger charge is -2.10. The summed E-state index contributed by atoms with van der Waals surface area (Å²) in [5.74, 6) is 1.07. The van der Waals surface area contributed by atoms with Crippen molar-refractivity contribution in [3.8, 4) is 27.7 Å². The van der Waals surface area contributed by atoms with E-state index in [-0.39, 0.29) is 12.2 Å². The molecule has 1 aromatic carbocycles. The minimum Gasteiger partial charge on any atom is -0.497 e. The lowest BCUT2D eigenvalue weighted by Crippen LogP contribution is -2.11. The molecular formula is C21H18N4O3S2. The number of nitrogens with zero attached hydrogens (tertiary/aromatic N) is 3. The molecule has 0 saturated carbocycles. The van der Waals surface area contributed by atoms with E-state index < -0.39 is 5.97 Å². The van der Waals surface area contributed by atoms with Gasteiger partial charge in [-0.25, -0.2) is 19.7 Å². The molecule has 0 saturated heterocycles. The Bertz CT molecular complexity index is 1140. The molecule has 1 N–H and O–H groups in total. The number of thiophene rings is 1. The van der Waals surface area contributed by atoms with Gasteiger partial charge in [-0.05, 0) is 42.6 Å². The monoisotopic (exact) mass is 438 g/mol. The molecule has 30 heavy (non-hydrogen) atoms. The van der Waals surface area contributed by atoms with E-state index in [1.54, 1.807) is 25.4 Å². The fraction of sp³-hybridized carbons (Fsp3) is 0.143. The average molecular weight is 439 g/mol. The van der Waals surface area contributed by atoms with Crippen molar-refractivity contribution < 1.29 is 14.3 Å². The number of aromatic nitrogens is 3. The van der Waals surface area contributed by atoms with Crippen molar-refractivity contribution in [1.29, 1.82) is 0 Å². The number of hydrogen-bond acceptors (Lipinski definition) is 9. The summed E-state index contributed by atoms with van der Waals surface area (Å²) >= 11 is 3.06. The molecule has 9 heteroatoms. The second-order valence-corrected chi connectivity index (χ2v) is 7.85. The van der Waals surface area contributed by atoms with Crippen molar-refractivity contribution in [1.82, 2.24) is 15.0 Å². The van der Waals surface area contributed by atoms with Gasteiger partial charge in [-0.3, -0.25) is 0 Å². The van der Waals surface area contributed by atoms with Crippen LogP contribution in [0, 0.1) is 0 Å². The summed E-state index contributed by atoms with van der Waals surface area (Å²) in [4.78, 5) is 27.0. The highest BCUT2D eigenvalue weighted by Gasteiger charge is 2.18. The normalized spacial score (nSPS) is 10.6. The second kappa shape index (κ2) is 9.02. The number of esters is 1. The molecule has 0 unspecified atom stereocenters. The van der Waals surface area contributed by atoms with Crippen LogP contribution in [0.5, 0.6) is 5.75 Å². The van der Waals surface area contributed by atoms with Crippen LogP contribution in [0.3, 0.4) is 0 Å². The van der Waals surface area contributed by atoms with Crippen LogP contribution < -0.4 is 10.1 Å². The molecule has 4 rings (SSSR count). The number of rotatable bonds is 7. The van der Waals surface area contributed by atoms with E-state index >= 15 is 0 Å². The van der Waals surface area contributed by atoms with Crippen LogP contribution >= 0.6 is 22.7 Å². The highest BCUT2D eigenvalue weighted by atomic mass is 32.1. The van der Waals surface area contributed by atoms with Gasteiger partial charge in [0, 0.05) is 17.1 Å². The Labute approximate surface area is 181 Å². The van der Waals surface area contributed by atoms with Gasteiger partial charge in [-0.15, -0.1) is 22.7 Å². The number of benzene rings is 1. The maximum atomic E-state index is 12.4. The predicted octanol–water partition coefficient (Wildman–Crippen LogP) is 5.26. The number of methoxy groups -OCH3 is 1. The molecule has 0 atom stereocenters. The fourth-order valence-electron chi connectivity index (χ4n) is 2.68. The Morgan fingerprint density at radius 2 is 1.97 bits per heavy atom. The standard InChI is InChI=1S/C21H18N4O3S2/c1-3-28-20(26)15-11-22-18(13-6-8-14(27-2)9-7-13)24-19(15)25-21-23-16(12-30-21)17-5-4-10-29-17/h4-12H,3H2,1-2H3,(H,22,23,24,25). The van der Waals surface area contributed by atoms with E-state index in [1.807, 2.05) is 47.2 Å². The van der Waals surface area contributed by atoms with Gasteiger partial charge in [-0.2, -0.15) is 0 Å². The zero-order valence-electron chi connectivity index (χ0n) is 16.3. The number of nitrogens with one attached hydrogen (secondary N) is 1. The number of hydrogen-bond donors (Lipinski definition) is 1. The zero-order chi connectivity index (χ0) is 20.9. The van der Waals surface area contributed by atoms with Crippen molar-refractivity contribution >= 4 is 39.6 Å². The Hall–Kier alpha value is -3.30. The summed E-state index contributed by atoms with van der Waals surface area (Å²) in [5.41, 5.74) is 1.93. The lowest BCUT2D eigenvalue weighted by molar-refractivity contribution is 0.0526. The van der Waals surface area contributed by atoms with E-state index in [4.69, 9.17) is 9.47 Å². The Balaban J connectivity index is 1.68. The van der Waals surface area contributed by atoms with E-state index in [0.29, 0.717) is 16.8 Å². The summed E-state index contributed by atoms with van der Waals surface area (Å²) in [5, 5.41) is 7.76. The summed E-state index contributed by atoms with van der Waals surface area (Å²) in [6.07, 6.45) is 1.47. The van der Waals surface area contributed by atoms with Gasteiger partial charge in [0.2, 0.25) is 0 Å². The van der Waals surface area contributed by atoms with Gasteiger partial charge in [0.25, 0.3) is 0 Å². The van der Waals surface area contributed by atoms with Crippen LogP contribution in [-0.4, -0.2) is 34.6 Å². The van der Waals surface area contributed by atoms with Crippen LogP contribution in [0.1, 0.15) is 17.3 Å². The van der Waals surface area contributed by atoms with Crippen molar-refractivity contribution in [2.24, 2.45) is 0 Å². The van der Waals surface area contributed by atoms with Gasteiger partial charge in [0.1, 0.15) is 11.3 Å².